The molecule has 1 aliphatic heterocycles. The maximum atomic E-state index is 5.35. The maximum Gasteiger partial charge on any atom is 0.132 e. The molecule has 0 aromatic carbocycles. The lowest BCUT2D eigenvalue weighted by Crippen LogP contribution is -2.11. The molecule has 2 atom stereocenters. The molecule has 1 aliphatic rings. The number of hydrogen-bond acceptors (Lipinski definition) is 2. The van der Waals surface area contributed by atoms with Gasteiger partial charge in [-0.05, 0) is 7.05 Å². The van der Waals surface area contributed by atoms with Crippen molar-refractivity contribution in [3.05, 3.63) is 0 Å². The van der Waals surface area contributed by atoms with Crippen molar-refractivity contribution in [1.82, 2.24) is 4.67 Å². The summed E-state index contributed by atoms with van der Waals surface area (Å²) in [5.41, 5.74) is 0. The lowest BCUT2D eigenvalue weighted by Gasteiger charge is -2.21. The molecule has 1 heterocycles. The van der Waals surface area contributed by atoms with E-state index in [9.17, 15) is 0 Å². The van der Waals surface area contributed by atoms with E-state index in [4.69, 9.17) is 22.8 Å². The van der Waals surface area contributed by atoms with Crippen molar-refractivity contribution in [3.8, 4) is 12.3 Å². The van der Waals surface area contributed by atoms with Gasteiger partial charge in [0.1, 0.15) is 6.42 Å². The van der Waals surface area contributed by atoms with E-state index in [1.165, 1.54) is 0 Å². The highest BCUT2D eigenvalue weighted by atomic mass is 32.4. The number of terminal acetylenes is 1. The van der Waals surface area contributed by atoms with Gasteiger partial charge in [0.15, 0.2) is 0 Å². The molecular formula is C7H12NOPS. The van der Waals surface area contributed by atoms with E-state index >= 15 is 0 Å². The smallest absolute Gasteiger partial charge is 0.132 e. The highest BCUT2D eigenvalue weighted by Gasteiger charge is 2.34. The second-order valence-electron chi connectivity index (χ2n) is 2.71. The van der Waals surface area contributed by atoms with Crippen LogP contribution in [0.5, 0.6) is 0 Å². The first kappa shape index (κ1) is 9.22. The highest BCUT2D eigenvalue weighted by molar-refractivity contribution is 8.11. The fraction of sp³-hybridized carbons (Fsp3) is 0.714. The zero-order chi connectivity index (χ0) is 8.48. The number of rotatable bonds is 1. The molecule has 0 spiro atoms. The van der Waals surface area contributed by atoms with E-state index in [2.05, 4.69) is 10.6 Å². The first-order valence-electron chi connectivity index (χ1n) is 3.45. The molecule has 62 valence electrons. The Kier molecular flexibility index (Phi) is 2.72. The lowest BCUT2D eigenvalue weighted by atomic mass is 10.2. The Morgan fingerprint density at radius 1 is 1.82 bits per heavy atom. The minimum Gasteiger partial charge on any atom is -0.341 e. The van der Waals surface area contributed by atoms with Crippen LogP contribution in [-0.4, -0.2) is 31.5 Å². The molecule has 0 aromatic rings. The molecule has 0 aromatic heterocycles. The molecule has 4 heteroatoms. The average molecular weight is 189 g/mol. The normalized spacial score (nSPS) is 38.8. The van der Waals surface area contributed by atoms with Crippen molar-refractivity contribution in [2.75, 3.05) is 26.9 Å². The largest absolute Gasteiger partial charge is 0.341 e. The first-order chi connectivity index (χ1) is 5.12. The van der Waals surface area contributed by atoms with E-state index in [0.29, 0.717) is 5.92 Å². The lowest BCUT2D eigenvalue weighted by molar-refractivity contribution is 0.413. The van der Waals surface area contributed by atoms with Crippen molar-refractivity contribution in [3.63, 3.8) is 0 Å². The van der Waals surface area contributed by atoms with Crippen LogP contribution in [0.15, 0.2) is 0 Å². The van der Waals surface area contributed by atoms with Gasteiger partial charge >= 0.3 is 0 Å². The Balaban J connectivity index is 2.75. The van der Waals surface area contributed by atoms with Gasteiger partial charge in [0.25, 0.3) is 0 Å². The standard InChI is InChI=1S/C7H12NOPS/c1-4-7-5-8(2)10(11,6-7)9-3/h1,7H,5-6H2,2-3H3. The fourth-order valence-electron chi connectivity index (χ4n) is 1.24. The maximum absolute atomic E-state index is 5.35. The SMILES string of the molecule is C#CC1CN(C)P(=S)(OC)C1. The van der Waals surface area contributed by atoms with Crippen molar-refractivity contribution in [2.24, 2.45) is 5.92 Å². The van der Waals surface area contributed by atoms with Gasteiger partial charge in [0.2, 0.25) is 0 Å². The zero-order valence-corrected chi connectivity index (χ0v) is 8.49. The Hall–Kier alpha value is 0.130. The minimum atomic E-state index is -1.69. The zero-order valence-electron chi connectivity index (χ0n) is 6.78. The van der Waals surface area contributed by atoms with Gasteiger partial charge in [-0.15, -0.1) is 12.3 Å². The molecule has 0 aliphatic carbocycles. The number of nitrogens with zero attached hydrogens (tertiary/aromatic N) is 1. The molecule has 1 saturated heterocycles. The van der Waals surface area contributed by atoms with Crippen molar-refractivity contribution in [2.45, 2.75) is 0 Å². The quantitative estimate of drug-likeness (QED) is 0.453. The van der Waals surface area contributed by atoms with Crippen LogP contribution in [0.25, 0.3) is 0 Å². The van der Waals surface area contributed by atoms with Gasteiger partial charge in [-0.25, -0.2) is 0 Å². The van der Waals surface area contributed by atoms with Crippen LogP contribution in [0.3, 0.4) is 0 Å². The molecule has 0 amide bonds. The molecule has 0 saturated carbocycles. The summed E-state index contributed by atoms with van der Waals surface area (Å²) in [4.78, 5) is 0. The van der Waals surface area contributed by atoms with E-state index in [0.717, 1.165) is 12.7 Å². The molecule has 0 radical (unpaired) electrons. The Bertz CT molecular complexity index is 235. The summed E-state index contributed by atoms with van der Waals surface area (Å²) in [7, 11) is 3.66. The molecule has 1 fully saturated rings. The summed E-state index contributed by atoms with van der Waals surface area (Å²) >= 11 is 5.35. The first-order valence-corrected chi connectivity index (χ1v) is 6.31. The Morgan fingerprint density at radius 2 is 2.45 bits per heavy atom. The van der Waals surface area contributed by atoms with Crippen LogP contribution < -0.4 is 0 Å². The molecule has 1 rings (SSSR count). The summed E-state index contributed by atoms with van der Waals surface area (Å²) in [5, 5.41) is 0. The van der Waals surface area contributed by atoms with Crippen LogP contribution in [0.1, 0.15) is 0 Å². The van der Waals surface area contributed by atoms with Gasteiger partial charge in [-0.3, -0.25) is 4.67 Å². The summed E-state index contributed by atoms with van der Waals surface area (Å²) in [6, 6.07) is 0. The van der Waals surface area contributed by atoms with Gasteiger partial charge in [0, 0.05) is 25.7 Å². The summed E-state index contributed by atoms with van der Waals surface area (Å²) in [6.45, 7) is 0.890. The number of hydrogen-bond donors (Lipinski definition) is 0. The highest BCUT2D eigenvalue weighted by Crippen LogP contribution is 2.55. The van der Waals surface area contributed by atoms with Gasteiger partial charge in [-0.2, -0.15) is 0 Å². The molecule has 2 unspecified atom stereocenters. The van der Waals surface area contributed by atoms with Crippen LogP contribution in [0, 0.1) is 18.3 Å². The van der Waals surface area contributed by atoms with Crippen molar-refractivity contribution < 1.29 is 4.52 Å². The van der Waals surface area contributed by atoms with E-state index < -0.39 is 6.42 Å². The topological polar surface area (TPSA) is 12.5 Å². The second kappa shape index (κ2) is 3.25. The van der Waals surface area contributed by atoms with Crippen LogP contribution in [0.2, 0.25) is 0 Å². The van der Waals surface area contributed by atoms with Crippen LogP contribution in [-0.2, 0) is 16.3 Å². The average Bonchev–Trinajstić information content (AvgIpc) is 2.29. The van der Waals surface area contributed by atoms with E-state index in [-0.39, 0.29) is 0 Å². The Morgan fingerprint density at radius 3 is 2.73 bits per heavy atom. The third kappa shape index (κ3) is 1.65. The molecule has 11 heavy (non-hydrogen) atoms. The molecule has 0 bridgehead atoms. The van der Waals surface area contributed by atoms with E-state index in [1.807, 2.05) is 7.05 Å². The monoisotopic (exact) mass is 189 g/mol. The van der Waals surface area contributed by atoms with Gasteiger partial charge in [-0.1, -0.05) is 11.8 Å². The predicted molar refractivity (Wildman–Crippen MR) is 51.1 cm³/mol. The van der Waals surface area contributed by atoms with E-state index in [1.54, 1.807) is 7.11 Å². The summed E-state index contributed by atoms with van der Waals surface area (Å²) < 4.78 is 7.39. The molecular weight excluding hydrogens is 177 g/mol. The third-order valence-corrected chi connectivity index (χ3v) is 6.38. The predicted octanol–water partition coefficient (Wildman–Crippen LogP) is 1.14. The van der Waals surface area contributed by atoms with Crippen molar-refractivity contribution in [1.29, 1.82) is 0 Å². The van der Waals surface area contributed by atoms with Crippen LogP contribution in [0.4, 0.5) is 0 Å². The van der Waals surface area contributed by atoms with Crippen LogP contribution >= 0.6 is 6.42 Å². The second-order valence-corrected chi connectivity index (χ2v) is 7.11. The Labute approximate surface area is 73.1 Å². The fourth-order valence-corrected chi connectivity index (χ4v) is 3.91. The summed E-state index contributed by atoms with van der Waals surface area (Å²) in [5.74, 6) is 3.02. The van der Waals surface area contributed by atoms with Gasteiger partial charge in [0.05, 0.1) is 0 Å². The van der Waals surface area contributed by atoms with Gasteiger partial charge < -0.3 is 4.52 Å². The van der Waals surface area contributed by atoms with Crippen molar-refractivity contribution >= 4 is 18.2 Å². The molecule has 0 N–H and O–H groups in total. The molecule has 2 nitrogen and oxygen atoms in total. The summed E-state index contributed by atoms with van der Waals surface area (Å²) in [6.07, 6.45) is 4.49. The minimum absolute atomic E-state index is 0.297. The third-order valence-electron chi connectivity index (χ3n) is 1.98.